The predicted octanol–water partition coefficient (Wildman–Crippen LogP) is 1.39. The van der Waals surface area contributed by atoms with Crippen LogP contribution in [0.2, 0.25) is 0 Å². The molecule has 0 spiro atoms. The lowest BCUT2D eigenvalue weighted by molar-refractivity contribution is -0.920. The first-order chi connectivity index (χ1) is 13.0. The summed E-state index contributed by atoms with van der Waals surface area (Å²) in [5.74, 6) is 1.16. The Balaban J connectivity index is 0.00000225. The quantitative estimate of drug-likeness (QED) is 0.465. The number of aromatic nitrogens is 1. The third-order valence-electron chi connectivity index (χ3n) is 6.85. The molecule has 2 aliphatic rings. The van der Waals surface area contributed by atoms with E-state index in [0.717, 1.165) is 36.9 Å². The fourth-order valence-electron chi connectivity index (χ4n) is 5.14. The molecule has 0 N–H and O–H groups in total. The van der Waals surface area contributed by atoms with Crippen LogP contribution in [0.4, 0.5) is 5.82 Å². The molecule has 1 unspecified atom stereocenters. The zero-order valence-corrected chi connectivity index (χ0v) is 19.7. The maximum Gasteiger partial charge on any atom is 0.129 e. The van der Waals surface area contributed by atoms with Crippen molar-refractivity contribution in [2.75, 3.05) is 32.1 Å². The molecule has 4 rings (SSSR count). The number of nitrogens with zero attached hydrogens (tertiary/aromatic N) is 3. The molecule has 1 aliphatic carbocycles. The highest BCUT2D eigenvalue weighted by molar-refractivity contribution is 5.45. The van der Waals surface area contributed by atoms with Gasteiger partial charge in [0, 0.05) is 24.7 Å². The Bertz CT molecular complexity index is 764. The molecule has 4 heteroatoms. The zero-order chi connectivity index (χ0) is 18.9. The zero-order valence-electron chi connectivity index (χ0n) is 17.6. The van der Waals surface area contributed by atoms with Gasteiger partial charge in [-0.15, -0.1) is 0 Å². The molecule has 1 aliphatic heterocycles. The van der Waals surface area contributed by atoms with Crippen LogP contribution in [0.1, 0.15) is 42.5 Å². The summed E-state index contributed by atoms with van der Waals surface area (Å²) in [6.45, 7) is 4.54. The van der Waals surface area contributed by atoms with Gasteiger partial charge in [0.15, 0.2) is 0 Å². The van der Waals surface area contributed by atoms with Crippen molar-refractivity contribution >= 4 is 5.82 Å². The van der Waals surface area contributed by atoms with E-state index in [2.05, 4.69) is 68.4 Å². The van der Waals surface area contributed by atoms with Gasteiger partial charge >= 0.3 is 0 Å². The van der Waals surface area contributed by atoms with Gasteiger partial charge in [-0.3, -0.25) is 0 Å². The van der Waals surface area contributed by atoms with Crippen molar-refractivity contribution in [2.45, 2.75) is 57.5 Å². The minimum absolute atomic E-state index is 0. The SMILES string of the molecule is Cc1cccc(N(CCC2CCCC[N+]2(C)C)C2Cc3ccccc3C2)n1.[I-]. The second-order valence-corrected chi connectivity index (χ2v) is 9.10. The second-order valence-electron chi connectivity index (χ2n) is 9.10. The fourth-order valence-corrected chi connectivity index (χ4v) is 5.14. The number of fused-ring (bicyclic) bond motifs is 1. The molecule has 2 heterocycles. The minimum Gasteiger partial charge on any atom is -1.00 e. The smallest absolute Gasteiger partial charge is 0.129 e. The van der Waals surface area contributed by atoms with Gasteiger partial charge in [0.25, 0.3) is 0 Å². The topological polar surface area (TPSA) is 16.1 Å². The number of anilines is 1. The van der Waals surface area contributed by atoms with E-state index in [1.807, 2.05) is 0 Å². The van der Waals surface area contributed by atoms with E-state index in [4.69, 9.17) is 4.98 Å². The molecule has 1 fully saturated rings. The number of likely N-dealkylation sites (tertiary alicyclic amines) is 1. The van der Waals surface area contributed by atoms with Crippen LogP contribution in [0, 0.1) is 6.92 Å². The maximum atomic E-state index is 4.90. The lowest BCUT2D eigenvalue weighted by Crippen LogP contribution is -3.00. The third kappa shape index (κ3) is 4.70. The van der Waals surface area contributed by atoms with Crippen LogP contribution in [-0.4, -0.2) is 48.7 Å². The average molecular weight is 491 g/mol. The number of pyridine rings is 1. The van der Waals surface area contributed by atoms with E-state index in [1.54, 1.807) is 0 Å². The third-order valence-corrected chi connectivity index (χ3v) is 6.85. The number of quaternary nitrogens is 1. The molecule has 0 bridgehead atoms. The number of hydrogen-bond donors (Lipinski definition) is 0. The van der Waals surface area contributed by atoms with Gasteiger partial charge in [-0.2, -0.15) is 0 Å². The van der Waals surface area contributed by atoms with Crippen LogP contribution in [0.3, 0.4) is 0 Å². The van der Waals surface area contributed by atoms with Crippen molar-refractivity contribution in [3.05, 3.63) is 59.3 Å². The summed E-state index contributed by atoms with van der Waals surface area (Å²) in [5.41, 5.74) is 4.16. The Labute approximate surface area is 187 Å². The molecule has 0 radical (unpaired) electrons. The number of halogens is 1. The molecular weight excluding hydrogens is 457 g/mol. The molecule has 1 atom stereocenters. The van der Waals surface area contributed by atoms with Gasteiger partial charge in [0.2, 0.25) is 0 Å². The van der Waals surface area contributed by atoms with Gasteiger partial charge < -0.3 is 33.4 Å². The van der Waals surface area contributed by atoms with Gasteiger partial charge in [0.05, 0.1) is 26.7 Å². The summed E-state index contributed by atoms with van der Waals surface area (Å²) in [6, 6.07) is 16.7. The monoisotopic (exact) mass is 491 g/mol. The molecule has 0 saturated carbocycles. The summed E-state index contributed by atoms with van der Waals surface area (Å²) < 4.78 is 1.18. The first-order valence-corrected chi connectivity index (χ1v) is 10.6. The van der Waals surface area contributed by atoms with Crippen molar-refractivity contribution in [3.63, 3.8) is 0 Å². The van der Waals surface area contributed by atoms with Crippen LogP contribution < -0.4 is 28.9 Å². The fraction of sp³-hybridized carbons (Fsp3) is 0.542. The van der Waals surface area contributed by atoms with E-state index in [9.17, 15) is 0 Å². The number of rotatable bonds is 5. The van der Waals surface area contributed by atoms with Gasteiger partial charge in [-0.1, -0.05) is 30.3 Å². The summed E-state index contributed by atoms with van der Waals surface area (Å²) in [7, 11) is 4.84. The van der Waals surface area contributed by atoms with E-state index in [1.165, 1.54) is 47.8 Å². The number of benzene rings is 1. The first-order valence-electron chi connectivity index (χ1n) is 10.6. The Morgan fingerprint density at radius 3 is 2.36 bits per heavy atom. The van der Waals surface area contributed by atoms with Crippen molar-refractivity contribution in [1.82, 2.24) is 4.98 Å². The van der Waals surface area contributed by atoms with Crippen LogP contribution in [0.25, 0.3) is 0 Å². The van der Waals surface area contributed by atoms with E-state index in [0.29, 0.717) is 6.04 Å². The summed E-state index contributed by atoms with van der Waals surface area (Å²) in [6.07, 6.45) is 7.69. The maximum absolute atomic E-state index is 4.90. The Hall–Kier alpha value is -1.14. The Kier molecular flexibility index (Phi) is 7.02. The molecule has 2 aromatic rings. The first kappa shape index (κ1) is 21.6. The van der Waals surface area contributed by atoms with Crippen LogP contribution >= 0.6 is 0 Å². The van der Waals surface area contributed by atoms with E-state index in [-0.39, 0.29) is 24.0 Å². The van der Waals surface area contributed by atoms with Crippen LogP contribution in [0.5, 0.6) is 0 Å². The van der Waals surface area contributed by atoms with Crippen molar-refractivity contribution in [2.24, 2.45) is 0 Å². The summed E-state index contributed by atoms with van der Waals surface area (Å²) >= 11 is 0. The minimum atomic E-state index is 0. The van der Waals surface area contributed by atoms with Crippen molar-refractivity contribution < 1.29 is 28.5 Å². The highest BCUT2D eigenvalue weighted by Crippen LogP contribution is 2.30. The molecule has 3 nitrogen and oxygen atoms in total. The standard InChI is InChI=1S/C24H34N3.HI/c1-19-9-8-13-24(25-19)26(15-14-23-12-6-7-16-27(23,2)3)22-17-20-10-4-5-11-21(20)18-22;/h4-5,8-11,13,22-23H,6-7,12,14-18H2,1-3H3;1H/q+1;/p-1. The largest absolute Gasteiger partial charge is 1.00 e. The molecule has 0 amide bonds. The Morgan fingerprint density at radius 2 is 1.71 bits per heavy atom. The van der Waals surface area contributed by atoms with E-state index >= 15 is 0 Å². The average Bonchev–Trinajstić information content (AvgIpc) is 3.07. The second kappa shape index (κ2) is 9.12. The van der Waals surface area contributed by atoms with Gasteiger partial charge in [-0.25, -0.2) is 4.98 Å². The van der Waals surface area contributed by atoms with Gasteiger partial charge in [-0.05, 0) is 62.3 Å². The van der Waals surface area contributed by atoms with Crippen LogP contribution in [-0.2, 0) is 12.8 Å². The number of aryl methyl sites for hydroxylation is 1. The molecule has 1 aromatic heterocycles. The van der Waals surface area contributed by atoms with Crippen molar-refractivity contribution in [1.29, 1.82) is 0 Å². The number of piperidine rings is 1. The normalized spacial score (nSPS) is 21.0. The number of hydrogen-bond acceptors (Lipinski definition) is 2. The lowest BCUT2D eigenvalue weighted by Gasteiger charge is -2.43. The molecule has 1 aromatic carbocycles. The Morgan fingerprint density at radius 1 is 1.00 bits per heavy atom. The summed E-state index contributed by atoms with van der Waals surface area (Å²) in [4.78, 5) is 7.51. The van der Waals surface area contributed by atoms with E-state index < -0.39 is 0 Å². The molecular formula is C24H34IN3. The lowest BCUT2D eigenvalue weighted by atomic mass is 9.97. The van der Waals surface area contributed by atoms with Crippen LogP contribution in [0.15, 0.2) is 42.5 Å². The molecule has 28 heavy (non-hydrogen) atoms. The molecule has 152 valence electrons. The van der Waals surface area contributed by atoms with Crippen molar-refractivity contribution in [3.8, 4) is 0 Å². The van der Waals surface area contributed by atoms with Gasteiger partial charge in [0.1, 0.15) is 5.82 Å². The summed E-state index contributed by atoms with van der Waals surface area (Å²) in [5, 5.41) is 0. The highest BCUT2D eigenvalue weighted by atomic mass is 127. The highest BCUT2D eigenvalue weighted by Gasteiger charge is 2.33. The molecule has 1 saturated heterocycles. The predicted molar refractivity (Wildman–Crippen MR) is 113 cm³/mol.